The van der Waals surface area contributed by atoms with E-state index < -0.39 is 6.04 Å². The van der Waals surface area contributed by atoms with E-state index in [-0.39, 0.29) is 17.8 Å². The second-order valence-electron chi connectivity index (χ2n) is 6.66. The molecule has 0 saturated carbocycles. The van der Waals surface area contributed by atoms with Gasteiger partial charge in [-0.2, -0.15) is 0 Å². The number of urea groups is 1. The number of nitrogens with one attached hydrogen (secondary N) is 2. The molecule has 0 aliphatic carbocycles. The van der Waals surface area contributed by atoms with Crippen molar-refractivity contribution in [2.45, 2.75) is 19.5 Å². The highest BCUT2D eigenvalue weighted by Crippen LogP contribution is 2.16. The van der Waals surface area contributed by atoms with E-state index in [9.17, 15) is 14.0 Å². The Kier molecular flexibility index (Phi) is 6.41. The zero-order chi connectivity index (χ0) is 19.9. The highest BCUT2D eigenvalue weighted by molar-refractivity contribution is 5.86. The molecule has 1 aromatic carbocycles. The van der Waals surface area contributed by atoms with E-state index in [2.05, 4.69) is 20.5 Å². The van der Waals surface area contributed by atoms with Crippen LogP contribution in [0.15, 0.2) is 48.7 Å². The maximum Gasteiger partial charge on any atom is 0.318 e. The van der Waals surface area contributed by atoms with Gasteiger partial charge in [-0.05, 0) is 43.3 Å². The van der Waals surface area contributed by atoms with Crippen molar-refractivity contribution >= 4 is 17.6 Å². The molecule has 0 spiro atoms. The van der Waals surface area contributed by atoms with Gasteiger partial charge < -0.3 is 20.4 Å². The van der Waals surface area contributed by atoms with Gasteiger partial charge in [0.2, 0.25) is 5.91 Å². The molecule has 0 bridgehead atoms. The molecule has 2 N–H and O–H groups in total. The predicted molar refractivity (Wildman–Crippen MR) is 104 cm³/mol. The molecule has 1 aliphatic rings. The van der Waals surface area contributed by atoms with E-state index in [0.717, 1.165) is 11.4 Å². The van der Waals surface area contributed by atoms with Crippen molar-refractivity contribution in [3.63, 3.8) is 0 Å². The van der Waals surface area contributed by atoms with Gasteiger partial charge in [0.15, 0.2) is 0 Å². The molecule has 8 heteroatoms. The number of hydrogen-bond acceptors (Lipinski definition) is 4. The summed E-state index contributed by atoms with van der Waals surface area (Å²) in [4.78, 5) is 32.5. The minimum absolute atomic E-state index is 0.260. The number of nitrogens with zero attached hydrogens (tertiary/aromatic N) is 3. The Labute approximate surface area is 163 Å². The van der Waals surface area contributed by atoms with Crippen LogP contribution in [0.1, 0.15) is 12.6 Å². The summed E-state index contributed by atoms with van der Waals surface area (Å²) < 4.78 is 13.0. The van der Waals surface area contributed by atoms with Gasteiger partial charge in [0.1, 0.15) is 11.9 Å². The number of rotatable bonds is 5. The third-order valence-electron chi connectivity index (χ3n) is 4.66. The van der Waals surface area contributed by atoms with Gasteiger partial charge in [0.05, 0.1) is 12.2 Å². The van der Waals surface area contributed by atoms with E-state index in [1.807, 2.05) is 18.2 Å². The first-order valence-corrected chi connectivity index (χ1v) is 9.26. The summed E-state index contributed by atoms with van der Waals surface area (Å²) in [7, 11) is 0. The molecular formula is C20H24FN5O2. The molecule has 0 radical (unpaired) electrons. The minimum atomic E-state index is -0.647. The Morgan fingerprint density at radius 2 is 1.82 bits per heavy atom. The SMILES string of the molecule is C[C@H](NC(=O)N1CCN(c2ccc(F)cc2)CC1)C(=O)NCc1ccccn1. The van der Waals surface area contributed by atoms with Gasteiger partial charge >= 0.3 is 6.03 Å². The van der Waals surface area contributed by atoms with E-state index in [4.69, 9.17) is 0 Å². The lowest BCUT2D eigenvalue weighted by Gasteiger charge is -2.36. The third-order valence-corrected chi connectivity index (χ3v) is 4.66. The Hall–Kier alpha value is -3.16. The molecule has 1 aliphatic heterocycles. The summed E-state index contributed by atoms with van der Waals surface area (Å²) in [6.45, 7) is 4.34. The van der Waals surface area contributed by atoms with E-state index in [1.165, 1.54) is 12.1 Å². The molecular weight excluding hydrogens is 361 g/mol. The van der Waals surface area contributed by atoms with Crippen molar-refractivity contribution in [3.05, 3.63) is 60.2 Å². The highest BCUT2D eigenvalue weighted by Gasteiger charge is 2.24. The second-order valence-corrected chi connectivity index (χ2v) is 6.66. The van der Waals surface area contributed by atoms with Crippen LogP contribution in [-0.4, -0.2) is 54.0 Å². The number of pyridine rings is 1. The van der Waals surface area contributed by atoms with Crippen LogP contribution in [0, 0.1) is 5.82 Å². The molecule has 3 amide bonds. The number of carbonyl (C=O) groups is 2. The number of hydrogen-bond donors (Lipinski definition) is 2. The molecule has 0 unspecified atom stereocenters. The smallest absolute Gasteiger partial charge is 0.318 e. The molecule has 1 aromatic heterocycles. The Bertz CT molecular complexity index is 792. The molecule has 1 atom stereocenters. The maximum absolute atomic E-state index is 13.0. The molecule has 2 aromatic rings. The number of aromatic nitrogens is 1. The Morgan fingerprint density at radius 1 is 1.11 bits per heavy atom. The molecule has 1 saturated heterocycles. The van der Waals surface area contributed by atoms with Crippen molar-refractivity contribution in [2.24, 2.45) is 0 Å². The average molecular weight is 385 g/mol. The van der Waals surface area contributed by atoms with Crippen molar-refractivity contribution < 1.29 is 14.0 Å². The van der Waals surface area contributed by atoms with Crippen LogP contribution in [0.25, 0.3) is 0 Å². The van der Waals surface area contributed by atoms with Gasteiger partial charge in [-0.1, -0.05) is 6.07 Å². The van der Waals surface area contributed by atoms with Crippen LogP contribution >= 0.6 is 0 Å². The molecule has 1 fully saturated rings. The number of carbonyl (C=O) groups excluding carboxylic acids is 2. The fourth-order valence-electron chi connectivity index (χ4n) is 3.00. The molecule has 7 nitrogen and oxygen atoms in total. The van der Waals surface area contributed by atoms with Crippen molar-refractivity contribution in [1.29, 1.82) is 0 Å². The minimum Gasteiger partial charge on any atom is -0.368 e. The van der Waals surface area contributed by atoms with Crippen LogP contribution in [0.2, 0.25) is 0 Å². The summed E-state index contributed by atoms with van der Waals surface area (Å²) in [6, 6.07) is 10.9. The lowest BCUT2D eigenvalue weighted by molar-refractivity contribution is -0.122. The molecule has 28 heavy (non-hydrogen) atoms. The first-order valence-electron chi connectivity index (χ1n) is 9.26. The summed E-state index contributed by atoms with van der Waals surface area (Å²) >= 11 is 0. The lowest BCUT2D eigenvalue weighted by Crippen LogP contribution is -2.55. The molecule has 148 valence electrons. The number of benzene rings is 1. The molecule has 2 heterocycles. The third kappa shape index (κ3) is 5.18. The van der Waals surface area contributed by atoms with Gasteiger partial charge in [-0.25, -0.2) is 9.18 Å². The number of piperazine rings is 1. The normalized spacial score (nSPS) is 15.1. The molecule has 3 rings (SSSR count). The summed E-state index contributed by atoms with van der Waals surface area (Å²) in [5.74, 6) is -0.527. The zero-order valence-electron chi connectivity index (χ0n) is 15.8. The standard InChI is InChI=1S/C20H24FN5O2/c1-15(19(27)23-14-17-4-2-3-9-22-17)24-20(28)26-12-10-25(11-13-26)18-7-5-16(21)6-8-18/h2-9,15H,10-14H2,1H3,(H,23,27)(H,24,28)/t15-/m0/s1. The maximum atomic E-state index is 13.0. The highest BCUT2D eigenvalue weighted by atomic mass is 19.1. The van der Waals surface area contributed by atoms with Crippen LogP contribution < -0.4 is 15.5 Å². The fourth-order valence-corrected chi connectivity index (χ4v) is 3.00. The summed E-state index contributed by atoms with van der Waals surface area (Å²) in [6.07, 6.45) is 1.66. The van der Waals surface area contributed by atoms with Gasteiger partial charge in [0, 0.05) is 38.1 Å². The van der Waals surface area contributed by atoms with Crippen LogP contribution in [-0.2, 0) is 11.3 Å². The average Bonchev–Trinajstić information content (AvgIpc) is 2.73. The lowest BCUT2D eigenvalue weighted by atomic mass is 10.2. The quantitative estimate of drug-likeness (QED) is 0.822. The van der Waals surface area contributed by atoms with E-state index in [0.29, 0.717) is 32.7 Å². The van der Waals surface area contributed by atoms with E-state index >= 15 is 0 Å². The van der Waals surface area contributed by atoms with Crippen molar-refractivity contribution in [1.82, 2.24) is 20.5 Å². The zero-order valence-corrected chi connectivity index (χ0v) is 15.8. The van der Waals surface area contributed by atoms with Crippen LogP contribution in [0.3, 0.4) is 0 Å². The first kappa shape index (κ1) is 19.6. The van der Waals surface area contributed by atoms with Crippen LogP contribution in [0.5, 0.6) is 0 Å². The summed E-state index contributed by atoms with van der Waals surface area (Å²) in [5, 5.41) is 5.50. The largest absolute Gasteiger partial charge is 0.368 e. The second kappa shape index (κ2) is 9.16. The topological polar surface area (TPSA) is 77.6 Å². The predicted octanol–water partition coefficient (Wildman–Crippen LogP) is 1.76. The van der Waals surface area contributed by atoms with E-state index in [1.54, 1.807) is 30.2 Å². The monoisotopic (exact) mass is 385 g/mol. The van der Waals surface area contributed by atoms with Gasteiger partial charge in [-0.15, -0.1) is 0 Å². The Balaban J connectivity index is 1.43. The van der Waals surface area contributed by atoms with Gasteiger partial charge in [-0.3, -0.25) is 9.78 Å². The first-order chi connectivity index (χ1) is 13.5. The number of amides is 3. The van der Waals surface area contributed by atoms with Crippen molar-refractivity contribution in [3.8, 4) is 0 Å². The number of halogens is 1. The van der Waals surface area contributed by atoms with Crippen LogP contribution in [0.4, 0.5) is 14.9 Å². The fraction of sp³-hybridized carbons (Fsp3) is 0.350. The Morgan fingerprint density at radius 3 is 2.46 bits per heavy atom. The number of anilines is 1. The summed E-state index contributed by atoms with van der Waals surface area (Å²) in [5.41, 5.74) is 1.69. The van der Waals surface area contributed by atoms with Crippen molar-refractivity contribution in [2.75, 3.05) is 31.1 Å². The van der Waals surface area contributed by atoms with Gasteiger partial charge in [0.25, 0.3) is 0 Å².